The largest absolute Gasteiger partial charge is 0.482 e. The van der Waals surface area contributed by atoms with Crippen LogP contribution in [-0.4, -0.2) is 25.2 Å². The van der Waals surface area contributed by atoms with Gasteiger partial charge < -0.3 is 14.2 Å². The van der Waals surface area contributed by atoms with Crippen molar-refractivity contribution in [2.45, 2.75) is 27.2 Å². The molecular formula is C17H22O5. The zero-order valence-corrected chi connectivity index (χ0v) is 13.3. The third kappa shape index (κ3) is 6.43. The van der Waals surface area contributed by atoms with Crippen LogP contribution in [0.5, 0.6) is 5.75 Å². The molecule has 0 aliphatic carbocycles. The number of hydrogen-bond donors (Lipinski definition) is 0. The van der Waals surface area contributed by atoms with E-state index in [1.54, 1.807) is 24.3 Å². The van der Waals surface area contributed by atoms with Crippen molar-refractivity contribution in [1.29, 1.82) is 0 Å². The van der Waals surface area contributed by atoms with Crippen molar-refractivity contribution in [2.75, 3.05) is 13.2 Å². The Morgan fingerprint density at radius 1 is 1.18 bits per heavy atom. The Kier molecular flexibility index (Phi) is 7.16. The number of carbonyl (C=O) groups is 2. The summed E-state index contributed by atoms with van der Waals surface area (Å²) in [5.41, 5.74) is 0.440. The highest BCUT2D eigenvalue weighted by atomic mass is 16.6. The molecule has 0 aliphatic heterocycles. The molecule has 0 radical (unpaired) electrons. The van der Waals surface area contributed by atoms with E-state index in [0.717, 1.165) is 0 Å². The van der Waals surface area contributed by atoms with Gasteiger partial charge in [0.15, 0.2) is 6.61 Å². The summed E-state index contributed by atoms with van der Waals surface area (Å²) in [5.74, 6) is 0.276. The van der Waals surface area contributed by atoms with E-state index < -0.39 is 5.97 Å². The van der Waals surface area contributed by atoms with Crippen molar-refractivity contribution in [2.24, 2.45) is 5.92 Å². The van der Waals surface area contributed by atoms with Gasteiger partial charge in [0.1, 0.15) is 11.5 Å². The molecule has 1 aromatic carbocycles. The van der Waals surface area contributed by atoms with Crippen molar-refractivity contribution in [3.8, 4) is 5.75 Å². The molecule has 0 heterocycles. The number of allylic oxidation sites excluding steroid dienone is 1. The average molecular weight is 306 g/mol. The Bertz CT molecular complexity index is 516. The third-order valence-electron chi connectivity index (χ3n) is 2.65. The molecule has 0 N–H and O–H groups in total. The van der Waals surface area contributed by atoms with E-state index >= 15 is 0 Å². The van der Waals surface area contributed by atoms with Crippen molar-refractivity contribution >= 4 is 11.9 Å². The van der Waals surface area contributed by atoms with Crippen LogP contribution in [0.2, 0.25) is 0 Å². The number of esters is 2. The standard InChI is InChI=1S/C17H22O5/c1-5-13(4)22-16(18)11-20-15-8-6-14(7-9-15)17(19)21-10-12(2)3/h6-9,12H,4-5,10-11H2,1-3H3. The van der Waals surface area contributed by atoms with Crippen LogP contribution in [0.1, 0.15) is 37.6 Å². The molecule has 0 fully saturated rings. The van der Waals surface area contributed by atoms with Crippen LogP contribution < -0.4 is 4.74 Å². The minimum atomic E-state index is -0.507. The fourth-order valence-corrected chi connectivity index (χ4v) is 1.42. The van der Waals surface area contributed by atoms with Crippen molar-refractivity contribution in [3.05, 3.63) is 42.2 Å². The molecule has 0 saturated carbocycles. The second-order valence-electron chi connectivity index (χ2n) is 5.17. The third-order valence-corrected chi connectivity index (χ3v) is 2.65. The Morgan fingerprint density at radius 2 is 1.82 bits per heavy atom. The summed E-state index contributed by atoms with van der Waals surface area (Å²) in [5, 5.41) is 0. The lowest BCUT2D eigenvalue weighted by atomic mass is 10.2. The predicted molar refractivity (Wildman–Crippen MR) is 82.6 cm³/mol. The summed E-state index contributed by atoms with van der Waals surface area (Å²) in [6.07, 6.45) is 0.568. The van der Waals surface area contributed by atoms with Gasteiger partial charge in [0.05, 0.1) is 12.2 Å². The minimum Gasteiger partial charge on any atom is -0.482 e. The molecule has 0 saturated heterocycles. The van der Waals surface area contributed by atoms with Crippen LogP contribution in [0.4, 0.5) is 0 Å². The maximum atomic E-state index is 11.7. The molecule has 0 aromatic heterocycles. The van der Waals surface area contributed by atoms with Crippen LogP contribution in [0, 0.1) is 5.92 Å². The molecule has 5 nitrogen and oxygen atoms in total. The first-order valence-corrected chi connectivity index (χ1v) is 7.20. The minimum absolute atomic E-state index is 0.212. The van der Waals surface area contributed by atoms with Crippen LogP contribution in [0.25, 0.3) is 0 Å². The van der Waals surface area contributed by atoms with E-state index in [4.69, 9.17) is 14.2 Å². The molecule has 0 atom stereocenters. The molecule has 0 aliphatic rings. The highest BCUT2D eigenvalue weighted by Gasteiger charge is 2.09. The van der Waals surface area contributed by atoms with Crippen LogP contribution >= 0.6 is 0 Å². The Labute approximate surface area is 130 Å². The van der Waals surface area contributed by atoms with Gasteiger partial charge in [0.25, 0.3) is 0 Å². The lowest BCUT2D eigenvalue weighted by Gasteiger charge is -2.09. The SMILES string of the molecule is C=C(CC)OC(=O)COc1ccc(C(=O)OCC(C)C)cc1. The molecule has 120 valence electrons. The fraction of sp³-hybridized carbons (Fsp3) is 0.412. The molecule has 22 heavy (non-hydrogen) atoms. The molecule has 1 aromatic rings. The molecule has 1 rings (SSSR count). The molecule has 0 bridgehead atoms. The van der Waals surface area contributed by atoms with Gasteiger partial charge in [-0.25, -0.2) is 9.59 Å². The molecule has 5 heteroatoms. The number of benzene rings is 1. The number of ether oxygens (including phenoxy) is 3. The van der Waals surface area contributed by atoms with Gasteiger partial charge in [-0.05, 0) is 30.2 Å². The first-order valence-electron chi connectivity index (χ1n) is 7.20. The van der Waals surface area contributed by atoms with Crippen molar-refractivity contribution < 1.29 is 23.8 Å². The summed E-state index contributed by atoms with van der Waals surface area (Å²) in [4.78, 5) is 23.2. The first-order chi connectivity index (χ1) is 10.4. The summed E-state index contributed by atoms with van der Waals surface area (Å²) >= 11 is 0. The van der Waals surface area contributed by atoms with Crippen molar-refractivity contribution in [1.82, 2.24) is 0 Å². The average Bonchev–Trinajstić information content (AvgIpc) is 2.50. The van der Waals surface area contributed by atoms with E-state index in [1.165, 1.54) is 0 Å². The maximum absolute atomic E-state index is 11.7. The Morgan fingerprint density at radius 3 is 2.36 bits per heavy atom. The summed E-state index contributed by atoms with van der Waals surface area (Å²) in [6, 6.07) is 6.39. The van der Waals surface area contributed by atoms with E-state index in [9.17, 15) is 9.59 Å². The van der Waals surface area contributed by atoms with E-state index in [2.05, 4.69) is 6.58 Å². The monoisotopic (exact) mass is 306 g/mol. The zero-order valence-electron chi connectivity index (χ0n) is 13.3. The number of hydrogen-bond acceptors (Lipinski definition) is 5. The Balaban J connectivity index is 2.46. The first kappa shape index (κ1) is 17.8. The maximum Gasteiger partial charge on any atom is 0.349 e. The molecule has 0 amide bonds. The quantitative estimate of drug-likeness (QED) is 0.544. The van der Waals surface area contributed by atoms with Gasteiger partial charge in [-0.3, -0.25) is 0 Å². The molecule has 0 spiro atoms. The van der Waals surface area contributed by atoms with Crippen LogP contribution in [-0.2, 0) is 14.3 Å². The fourth-order valence-electron chi connectivity index (χ4n) is 1.42. The highest BCUT2D eigenvalue weighted by molar-refractivity contribution is 5.89. The number of carbonyl (C=O) groups excluding carboxylic acids is 2. The number of rotatable bonds is 8. The Hall–Kier alpha value is -2.30. The zero-order chi connectivity index (χ0) is 16.5. The van der Waals surface area contributed by atoms with E-state index in [0.29, 0.717) is 30.1 Å². The summed E-state index contributed by atoms with van der Waals surface area (Å²) in [7, 11) is 0. The van der Waals surface area contributed by atoms with Gasteiger partial charge in [0.2, 0.25) is 0 Å². The van der Waals surface area contributed by atoms with Crippen LogP contribution in [0.15, 0.2) is 36.6 Å². The summed E-state index contributed by atoms with van der Waals surface area (Å²) < 4.78 is 15.3. The highest BCUT2D eigenvalue weighted by Crippen LogP contribution is 2.13. The van der Waals surface area contributed by atoms with Crippen molar-refractivity contribution in [3.63, 3.8) is 0 Å². The van der Waals surface area contributed by atoms with E-state index in [-0.39, 0.29) is 18.5 Å². The molecule has 0 unspecified atom stereocenters. The second kappa shape index (κ2) is 8.87. The molecular weight excluding hydrogens is 284 g/mol. The second-order valence-corrected chi connectivity index (χ2v) is 5.17. The smallest absolute Gasteiger partial charge is 0.349 e. The van der Waals surface area contributed by atoms with Gasteiger partial charge in [-0.1, -0.05) is 27.4 Å². The van der Waals surface area contributed by atoms with Crippen LogP contribution in [0.3, 0.4) is 0 Å². The van der Waals surface area contributed by atoms with Gasteiger partial charge >= 0.3 is 11.9 Å². The topological polar surface area (TPSA) is 61.8 Å². The lowest BCUT2D eigenvalue weighted by molar-refractivity contribution is -0.141. The normalized spacial score (nSPS) is 10.2. The lowest BCUT2D eigenvalue weighted by Crippen LogP contribution is -2.14. The van der Waals surface area contributed by atoms with Gasteiger partial charge in [-0.2, -0.15) is 0 Å². The van der Waals surface area contributed by atoms with Gasteiger partial charge in [-0.15, -0.1) is 0 Å². The summed E-state index contributed by atoms with van der Waals surface area (Å²) in [6.45, 7) is 9.52. The predicted octanol–water partition coefficient (Wildman–Crippen LogP) is 3.35. The van der Waals surface area contributed by atoms with Gasteiger partial charge in [0, 0.05) is 6.42 Å². The van der Waals surface area contributed by atoms with E-state index in [1.807, 2.05) is 20.8 Å².